The van der Waals surface area contributed by atoms with Crippen molar-refractivity contribution in [2.24, 2.45) is 0 Å². The van der Waals surface area contributed by atoms with Crippen molar-refractivity contribution in [3.8, 4) is 11.3 Å². The highest BCUT2D eigenvalue weighted by Crippen LogP contribution is 2.29. The van der Waals surface area contributed by atoms with Crippen molar-refractivity contribution in [1.29, 1.82) is 0 Å². The van der Waals surface area contributed by atoms with E-state index in [0.29, 0.717) is 11.5 Å². The Kier molecular flexibility index (Phi) is 4.86. The first-order valence-corrected chi connectivity index (χ1v) is 9.47. The van der Waals surface area contributed by atoms with Gasteiger partial charge in [0.05, 0.1) is 5.69 Å². The van der Waals surface area contributed by atoms with Gasteiger partial charge in [0.15, 0.2) is 0 Å². The molecular formula is C20H27FN4. The van der Waals surface area contributed by atoms with Crippen LogP contribution in [0.1, 0.15) is 36.6 Å². The smallest absolute Gasteiger partial charge is 0.126 e. The Morgan fingerprint density at radius 2 is 2.00 bits per heavy atom. The molecule has 2 aliphatic rings. The van der Waals surface area contributed by atoms with Crippen LogP contribution in [0.25, 0.3) is 11.3 Å². The van der Waals surface area contributed by atoms with Gasteiger partial charge in [-0.3, -0.25) is 0 Å². The third-order valence-electron chi connectivity index (χ3n) is 5.57. The summed E-state index contributed by atoms with van der Waals surface area (Å²) in [4.78, 5) is 7.48. The van der Waals surface area contributed by atoms with Crippen molar-refractivity contribution in [3.63, 3.8) is 0 Å². The molecule has 1 N–H and O–H groups in total. The number of imidazole rings is 1. The molecule has 1 aromatic heterocycles. The molecule has 25 heavy (non-hydrogen) atoms. The van der Waals surface area contributed by atoms with E-state index in [4.69, 9.17) is 4.98 Å². The summed E-state index contributed by atoms with van der Waals surface area (Å²) in [7, 11) is 0. The van der Waals surface area contributed by atoms with Gasteiger partial charge >= 0.3 is 0 Å². The van der Waals surface area contributed by atoms with Crippen molar-refractivity contribution in [2.75, 3.05) is 32.7 Å². The van der Waals surface area contributed by atoms with Gasteiger partial charge in [-0.1, -0.05) is 0 Å². The van der Waals surface area contributed by atoms with E-state index in [1.54, 1.807) is 6.07 Å². The van der Waals surface area contributed by atoms with Gasteiger partial charge in [-0.25, -0.2) is 9.37 Å². The van der Waals surface area contributed by atoms with Crippen LogP contribution >= 0.6 is 0 Å². The Labute approximate surface area is 149 Å². The molecule has 0 atom stereocenters. The Hall–Kier alpha value is -1.72. The van der Waals surface area contributed by atoms with Crippen molar-refractivity contribution < 1.29 is 4.39 Å². The number of likely N-dealkylation sites (tertiary alicyclic amines) is 1. The molecule has 134 valence electrons. The molecule has 5 heteroatoms. The number of aromatic nitrogens is 2. The normalized spacial score (nSPS) is 19.1. The van der Waals surface area contributed by atoms with Crippen molar-refractivity contribution >= 4 is 0 Å². The molecule has 0 saturated carbocycles. The first kappa shape index (κ1) is 16.7. The molecule has 0 aliphatic carbocycles. The predicted molar refractivity (Wildman–Crippen MR) is 98.3 cm³/mol. The number of benzene rings is 1. The molecule has 2 aliphatic heterocycles. The second-order valence-electron chi connectivity index (χ2n) is 7.36. The van der Waals surface area contributed by atoms with Crippen LogP contribution in [0.5, 0.6) is 0 Å². The molecule has 2 saturated heterocycles. The summed E-state index contributed by atoms with van der Waals surface area (Å²) < 4.78 is 16.0. The van der Waals surface area contributed by atoms with Crippen LogP contribution in [0, 0.1) is 12.7 Å². The Balaban J connectivity index is 1.62. The maximum absolute atomic E-state index is 13.6. The molecule has 0 bridgehead atoms. The van der Waals surface area contributed by atoms with E-state index in [0.717, 1.165) is 50.3 Å². The highest BCUT2D eigenvalue weighted by Gasteiger charge is 2.22. The van der Waals surface area contributed by atoms with E-state index >= 15 is 0 Å². The molecule has 0 spiro atoms. The lowest BCUT2D eigenvalue weighted by Crippen LogP contribution is -2.39. The van der Waals surface area contributed by atoms with Gasteiger partial charge in [-0.15, -0.1) is 0 Å². The number of piperidine rings is 1. The molecule has 2 fully saturated rings. The monoisotopic (exact) mass is 342 g/mol. The Bertz CT molecular complexity index is 729. The average molecular weight is 342 g/mol. The summed E-state index contributed by atoms with van der Waals surface area (Å²) in [6.07, 6.45) is 5.78. The summed E-state index contributed by atoms with van der Waals surface area (Å²) in [5.74, 6) is 1.58. The van der Waals surface area contributed by atoms with Crippen LogP contribution in [0.15, 0.2) is 24.4 Å². The van der Waals surface area contributed by atoms with E-state index in [1.165, 1.54) is 25.3 Å². The van der Waals surface area contributed by atoms with Crippen LogP contribution in [-0.4, -0.2) is 47.2 Å². The SMILES string of the molecule is Cc1cc(-c2cn(CCN3CCC3)c(C3CCNCC3)n2)ccc1F. The van der Waals surface area contributed by atoms with Crippen LogP contribution in [0.4, 0.5) is 4.39 Å². The lowest BCUT2D eigenvalue weighted by molar-refractivity contribution is 0.173. The fourth-order valence-electron chi connectivity index (χ4n) is 3.81. The zero-order valence-electron chi connectivity index (χ0n) is 15.0. The number of halogens is 1. The molecule has 0 radical (unpaired) electrons. The standard InChI is InChI=1S/C20H27FN4/c1-15-13-17(3-4-18(15)21)19-14-25(12-11-24-9-2-10-24)20(23-19)16-5-7-22-8-6-16/h3-4,13-14,16,22H,2,5-12H2,1H3. The minimum atomic E-state index is -0.153. The molecule has 0 unspecified atom stereocenters. The second kappa shape index (κ2) is 7.26. The average Bonchev–Trinajstić information content (AvgIpc) is 3.01. The third kappa shape index (κ3) is 3.62. The van der Waals surface area contributed by atoms with Crippen molar-refractivity contribution in [3.05, 3.63) is 41.6 Å². The number of nitrogens with one attached hydrogen (secondary N) is 1. The van der Waals surface area contributed by atoms with E-state index in [9.17, 15) is 4.39 Å². The van der Waals surface area contributed by atoms with Crippen LogP contribution in [-0.2, 0) is 6.54 Å². The van der Waals surface area contributed by atoms with Gasteiger partial charge in [0.2, 0.25) is 0 Å². The van der Waals surface area contributed by atoms with Gasteiger partial charge in [-0.05, 0) is 76.1 Å². The first-order valence-electron chi connectivity index (χ1n) is 9.47. The largest absolute Gasteiger partial charge is 0.333 e. The van der Waals surface area contributed by atoms with E-state index < -0.39 is 0 Å². The maximum atomic E-state index is 13.6. The highest BCUT2D eigenvalue weighted by atomic mass is 19.1. The predicted octanol–water partition coefficient (Wildman–Crippen LogP) is 3.17. The van der Waals surface area contributed by atoms with E-state index in [1.807, 2.05) is 19.1 Å². The Morgan fingerprint density at radius 3 is 2.68 bits per heavy atom. The van der Waals surface area contributed by atoms with Crippen molar-refractivity contribution in [2.45, 2.75) is 38.6 Å². The van der Waals surface area contributed by atoms with Crippen molar-refractivity contribution in [1.82, 2.24) is 19.8 Å². The minimum absolute atomic E-state index is 0.153. The van der Waals surface area contributed by atoms with Gasteiger partial charge in [-0.2, -0.15) is 0 Å². The topological polar surface area (TPSA) is 33.1 Å². The zero-order valence-corrected chi connectivity index (χ0v) is 15.0. The first-order chi connectivity index (χ1) is 12.2. The Morgan fingerprint density at radius 1 is 1.20 bits per heavy atom. The summed E-state index contributed by atoms with van der Waals surface area (Å²) >= 11 is 0. The van der Waals surface area contributed by atoms with Crippen LogP contribution < -0.4 is 5.32 Å². The van der Waals surface area contributed by atoms with Gasteiger partial charge in [0, 0.05) is 30.8 Å². The third-order valence-corrected chi connectivity index (χ3v) is 5.57. The van der Waals surface area contributed by atoms with Crippen LogP contribution in [0.3, 0.4) is 0 Å². The highest BCUT2D eigenvalue weighted by molar-refractivity contribution is 5.60. The number of hydrogen-bond acceptors (Lipinski definition) is 3. The number of rotatable bonds is 5. The molecular weight excluding hydrogens is 315 g/mol. The molecule has 2 aromatic rings. The number of hydrogen-bond donors (Lipinski definition) is 1. The summed E-state index contributed by atoms with van der Waals surface area (Å²) in [5, 5.41) is 3.44. The molecule has 4 rings (SSSR count). The second-order valence-corrected chi connectivity index (χ2v) is 7.36. The zero-order chi connectivity index (χ0) is 17.2. The molecule has 4 nitrogen and oxygen atoms in total. The number of nitrogens with zero attached hydrogens (tertiary/aromatic N) is 3. The fourth-order valence-corrected chi connectivity index (χ4v) is 3.81. The van der Waals surface area contributed by atoms with E-state index in [2.05, 4.69) is 21.0 Å². The minimum Gasteiger partial charge on any atom is -0.333 e. The van der Waals surface area contributed by atoms with E-state index in [-0.39, 0.29) is 5.82 Å². The lowest BCUT2D eigenvalue weighted by Gasteiger charge is -2.31. The summed E-state index contributed by atoms with van der Waals surface area (Å²) in [5.41, 5.74) is 2.66. The number of aryl methyl sites for hydroxylation is 1. The van der Waals surface area contributed by atoms with Gasteiger partial charge < -0.3 is 14.8 Å². The lowest BCUT2D eigenvalue weighted by atomic mass is 9.97. The van der Waals surface area contributed by atoms with Gasteiger partial charge in [0.25, 0.3) is 0 Å². The molecule has 3 heterocycles. The fraction of sp³-hybridized carbons (Fsp3) is 0.550. The summed E-state index contributed by atoms with van der Waals surface area (Å²) in [6, 6.07) is 5.30. The quantitative estimate of drug-likeness (QED) is 0.906. The van der Waals surface area contributed by atoms with Gasteiger partial charge in [0.1, 0.15) is 11.6 Å². The maximum Gasteiger partial charge on any atom is 0.126 e. The van der Waals surface area contributed by atoms with Crippen LogP contribution in [0.2, 0.25) is 0 Å². The molecule has 1 aromatic carbocycles. The molecule has 0 amide bonds. The summed E-state index contributed by atoms with van der Waals surface area (Å²) in [6.45, 7) is 8.47.